The molecule has 10 bridgehead atoms. The van der Waals surface area contributed by atoms with E-state index < -0.39 is 77.7 Å². The van der Waals surface area contributed by atoms with Crippen LogP contribution in [-0.4, -0.2) is 105 Å². The number of hydrogen-bond acceptors (Lipinski definition) is 21. The molecule has 2 aliphatic rings. The molecule has 74 heavy (non-hydrogen) atoms. The number of pyridine rings is 1. The van der Waals surface area contributed by atoms with Crippen molar-refractivity contribution in [1.82, 2.24) is 50.4 Å². The van der Waals surface area contributed by atoms with E-state index >= 15 is 0 Å². The van der Waals surface area contributed by atoms with Crippen molar-refractivity contribution in [3.8, 4) is 43.4 Å². The van der Waals surface area contributed by atoms with Crippen molar-refractivity contribution in [3.05, 3.63) is 117 Å². The third kappa shape index (κ3) is 10.2. The molecule has 7 N–H and O–H groups in total. The normalized spacial score (nSPS) is 19.5. The van der Waals surface area contributed by atoms with E-state index in [0.29, 0.717) is 53.2 Å². The summed E-state index contributed by atoms with van der Waals surface area (Å²) in [4.78, 5) is 129. The molecule has 0 radical (unpaired) electrons. The minimum atomic E-state index is -1.15. The number of aryl methyl sites for hydroxylation is 2. The molecule has 8 aromatic rings. The molecule has 0 saturated carbocycles. The minimum Gasteiger partial charge on any atom is -0.391 e. The maximum Gasteiger partial charge on any atom is 0.271 e. The van der Waals surface area contributed by atoms with E-state index in [0.717, 1.165) is 45.1 Å². The number of carbonyl (C=O) groups is 7. The van der Waals surface area contributed by atoms with Crippen LogP contribution in [0, 0.1) is 19.8 Å². The summed E-state index contributed by atoms with van der Waals surface area (Å²) in [5.41, 5.74) is 15.0. The zero-order valence-electron chi connectivity index (χ0n) is 39.1. The Bertz CT molecular complexity index is 3560. The number of nitrogens with one attached hydrogen (secondary N) is 2. The lowest BCUT2D eigenvalue weighted by molar-refractivity contribution is -0.134. The van der Waals surface area contributed by atoms with Crippen LogP contribution in [0.25, 0.3) is 43.4 Å². The van der Waals surface area contributed by atoms with Crippen LogP contribution in [0.5, 0.6) is 0 Å². The predicted octanol–water partition coefficient (Wildman–Crippen LogP) is 6.24. The van der Waals surface area contributed by atoms with Crippen molar-refractivity contribution < 1.29 is 38.7 Å². The number of aliphatic hydroxyl groups excluding tert-OH is 1. The molecule has 10 rings (SSSR count). The maximum atomic E-state index is 14.9. The molecule has 0 spiro atoms. The number of hydrogen-bond donors (Lipinski definition) is 5. The average Bonchev–Trinajstić information content (AvgIpc) is 4.24. The number of carbonyl (C=O) groups excluding carboxylic acids is 7. The van der Waals surface area contributed by atoms with E-state index in [-0.39, 0.29) is 52.2 Å². The van der Waals surface area contributed by atoms with Gasteiger partial charge >= 0.3 is 0 Å². The van der Waals surface area contributed by atoms with Crippen LogP contribution >= 0.6 is 68.0 Å². The smallest absolute Gasteiger partial charge is 0.271 e. The molecule has 5 atom stereocenters. The number of rotatable bonds is 6. The van der Waals surface area contributed by atoms with Crippen molar-refractivity contribution in [2.45, 2.75) is 64.3 Å². The van der Waals surface area contributed by atoms with Gasteiger partial charge in [-0.3, -0.25) is 33.6 Å². The Morgan fingerprint density at radius 1 is 0.662 bits per heavy atom. The van der Waals surface area contributed by atoms with Gasteiger partial charge in [-0.15, -0.1) is 68.0 Å². The molecule has 1 fully saturated rings. The molecule has 7 aromatic heterocycles. The van der Waals surface area contributed by atoms with Crippen LogP contribution < -0.4 is 22.1 Å². The van der Waals surface area contributed by atoms with E-state index in [2.05, 4.69) is 30.6 Å². The highest BCUT2D eigenvalue weighted by Crippen LogP contribution is 2.42. The molecule has 26 heteroatoms. The molecule has 1 aromatic carbocycles. The lowest BCUT2D eigenvalue weighted by atomic mass is 10.00. The summed E-state index contributed by atoms with van der Waals surface area (Å²) in [6.07, 6.45) is -1.87. The molecule has 5 amide bonds. The van der Waals surface area contributed by atoms with Crippen molar-refractivity contribution in [2.24, 2.45) is 17.4 Å². The summed E-state index contributed by atoms with van der Waals surface area (Å²) in [6, 6.07) is 8.06. The second-order valence-corrected chi connectivity index (χ2v) is 23.0. The number of nitrogens with two attached hydrogens (primary N) is 2. The Labute approximate surface area is 444 Å². The number of primary amides is 2. The first-order chi connectivity index (χ1) is 35.5. The van der Waals surface area contributed by atoms with Gasteiger partial charge in [0.25, 0.3) is 17.7 Å². The number of benzene rings is 1. The zero-order valence-corrected chi connectivity index (χ0v) is 44.0. The fourth-order valence-electron chi connectivity index (χ4n) is 8.40. The second kappa shape index (κ2) is 20.6. The van der Waals surface area contributed by atoms with E-state index in [1.807, 2.05) is 43.5 Å². The molecule has 2 aliphatic heterocycles. The number of Topliss-reactive ketones (excluding diaryl/α,β-unsaturated/α-hetero) is 2. The largest absolute Gasteiger partial charge is 0.391 e. The molecule has 9 heterocycles. The third-order valence-electron chi connectivity index (χ3n) is 12.2. The molecule has 20 nitrogen and oxygen atoms in total. The number of aromatic nitrogens is 7. The first kappa shape index (κ1) is 50.3. The average molecular weight is 1110 g/mol. The summed E-state index contributed by atoms with van der Waals surface area (Å²) in [5.74, 6) is -5.14. The van der Waals surface area contributed by atoms with Gasteiger partial charge in [0.2, 0.25) is 11.8 Å². The van der Waals surface area contributed by atoms with Crippen LogP contribution in [0.3, 0.4) is 0 Å². The van der Waals surface area contributed by atoms with Gasteiger partial charge < -0.3 is 32.1 Å². The lowest BCUT2D eigenvalue weighted by Gasteiger charge is -2.29. The highest BCUT2D eigenvalue weighted by molar-refractivity contribution is 7.15. The van der Waals surface area contributed by atoms with Crippen LogP contribution in [0.2, 0.25) is 0 Å². The fourth-order valence-corrected chi connectivity index (χ4v) is 13.6. The van der Waals surface area contributed by atoms with E-state index in [9.17, 15) is 38.7 Å². The number of ketones is 2. The molecule has 1 saturated heterocycles. The summed E-state index contributed by atoms with van der Waals surface area (Å²) in [7, 11) is 0. The third-order valence-corrected chi connectivity index (χ3v) is 17.7. The zero-order chi connectivity index (χ0) is 52.1. The summed E-state index contributed by atoms with van der Waals surface area (Å²) >= 11 is 6.82. The first-order valence-corrected chi connectivity index (χ1v) is 27.8. The summed E-state index contributed by atoms with van der Waals surface area (Å²) in [5, 5.41) is 26.9. The van der Waals surface area contributed by atoms with E-state index in [1.165, 1.54) is 55.1 Å². The van der Waals surface area contributed by atoms with Crippen molar-refractivity contribution >= 4 is 109 Å². The molecule has 0 unspecified atom stereocenters. The van der Waals surface area contributed by atoms with E-state index in [1.54, 1.807) is 24.4 Å². The number of aliphatic hydroxyl groups is 1. The highest BCUT2D eigenvalue weighted by atomic mass is 32.1. The number of nitrogens with zero attached hydrogens (tertiary/aromatic N) is 8. The summed E-state index contributed by atoms with van der Waals surface area (Å²) < 4.78 is 0. The van der Waals surface area contributed by atoms with Crippen molar-refractivity contribution in [2.75, 3.05) is 6.54 Å². The lowest BCUT2D eigenvalue weighted by Crippen LogP contribution is -2.50. The van der Waals surface area contributed by atoms with Gasteiger partial charge in [0.05, 0.1) is 36.7 Å². The second-order valence-electron chi connectivity index (χ2n) is 17.4. The monoisotopic (exact) mass is 1100 g/mol. The first-order valence-electron chi connectivity index (χ1n) is 22.6. The van der Waals surface area contributed by atoms with Crippen LogP contribution in [0.15, 0.2) is 63.3 Å². The van der Waals surface area contributed by atoms with Crippen LogP contribution in [0.1, 0.15) is 110 Å². The molecular formula is C48H40N12O8S6. The van der Waals surface area contributed by atoms with Crippen molar-refractivity contribution in [3.63, 3.8) is 0 Å². The van der Waals surface area contributed by atoms with E-state index in [4.69, 9.17) is 26.4 Å². The minimum absolute atomic E-state index is 0.00891. The van der Waals surface area contributed by atoms with Gasteiger partial charge in [-0.1, -0.05) is 36.8 Å². The molecule has 376 valence electrons. The van der Waals surface area contributed by atoms with Gasteiger partial charge in [-0.25, -0.2) is 34.9 Å². The standard InChI is InChI=1S/C48H40N12O8S6/c1-19-4-6-22(7-5-19)10-26-48(68)60-13-34(63)20(2)38(60)47-58-31(18-73-47)44-54-27(14-70-44)37-23(8-9-24(51-37)43-55-28(15-71-43)39(50)65)42-56-29(16-69-42)40(66)52-25(11-35(49)64)45-59-36(21(3)74-45)32(61)12-33(62)46-57-30(17-72-46)41(67)53-26/h4-9,14-18,20,25-26,34,38,63H,10-13H2,1-3H3,(H2,49,64)(H2,50,65)(H,52,66)(H,53,67)/t20-,25-,26-,34-,38-/m0/s1. The maximum absolute atomic E-state index is 14.9. The fraction of sp³-hybridized carbons (Fsp3) is 0.250. The number of thiazole rings is 6. The number of fused-ring (bicyclic) bond motifs is 16. The molecule has 0 aliphatic carbocycles. The Morgan fingerprint density at radius 3 is 2.01 bits per heavy atom. The Balaban J connectivity index is 1.06. The number of amides is 5. The van der Waals surface area contributed by atoms with Gasteiger partial charge in [0.15, 0.2) is 16.6 Å². The Kier molecular flexibility index (Phi) is 14.0. The van der Waals surface area contributed by atoms with Crippen LogP contribution in [0.4, 0.5) is 0 Å². The van der Waals surface area contributed by atoms with Gasteiger partial charge in [-0.2, -0.15) is 0 Å². The van der Waals surface area contributed by atoms with Crippen molar-refractivity contribution in [1.29, 1.82) is 0 Å². The predicted molar refractivity (Wildman–Crippen MR) is 279 cm³/mol. The molecular weight excluding hydrogens is 1070 g/mol. The van der Waals surface area contributed by atoms with Gasteiger partial charge in [0.1, 0.15) is 70.9 Å². The quantitative estimate of drug-likeness (QED) is 0.115. The Morgan fingerprint density at radius 2 is 1.30 bits per heavy atom. The SMILES string of the molecule is Cc1ccc(C[C@@H]2NC(=O)c3csc(n3)C(=O)CC(=O)c3nc(sc3C)[C@H](CC(N)=O)NC(=O)c3csc(n3)-c3ccc(-c4nc(C(N)=O)cs4)nc3-c3csc(n3)-c3csc(n3)[C@@H]3[C@@H](C)[C@@H](O)CN3C2=O)cc1. The highest BCUT2D eigenvalue weighted by Gasteiger charge is 2.45. The van der Waals surface area contributed by atoms with Gasteiger partial charge in [0, 0.05) is 56.2 Å². The van der Waals surface area contributed by atoms with Crippen LogP contribution in [-0.2, 0) is 16.0 Å². The van der Waals surface area contributed by atoms with Gasteiger partial charge in [-0.05, 0) is 31.5 Å². The topological polar surface area (TPSA) is 309 Å². The Hall–Kier alpha value is -7.20. The summed E-state index contributed by atoms with van der Waals surface area (Å²) in [6.45, 7) is 5.34.